The zero-order chi connectivity index (χ0) is 15.4. The summed E-state index contributed by atoms with van der Waals surface area (Å²) >= 11 is 3.17. The van der Waals surface area contributed by atoms with E-state index in [1.807, 2.05) is 0 Å². The number of carbonyl (C=O) groups is 2. The van der Waals surface area contributed by atoms with Crippen LogP contribution in [-0.2, 0) is 4.79 Å². The summed E-state index contributed by atoms with van der Waals surface area (Å²) in [5, 5.41) is 3.16. The van der Waals surface area contributed by atoms with Gasteiger partial charge in [-0.1, -0.05) is 6.07 Å². The third-order valence-electron chi connectivity index (χ3n) is 3.37. The Labute approximate surface area is 143 Å². The van der Waals surface area contributed by atoms with Gasteiger partial charge in [0.25, 0.3) is 5.91 Å². The van der Waals surface area contributed by atoms with Crippen molar-refractivity contribution in [1.29, 1.82) is 0 Å². The molecular formula is C14H18BrClFN3O2. The Morgan fingerprint density at radius 2 is 2.00 bits per heavy atom. The van der Waals surface area contributed by atoms with Crippen LogP contribution in [0.4, 0.5) is 4.39 Å². The summed E-state index contributed by atoms with van der Waals surface area (Å²) in [6, 6.07) is 4.34. The first-order valence-corrected chi connectivity index (χ1v) is 7.48. The number of hydrogen-bond acceptors (Lipinski definition) is 3. The largest absolute Gasteiger partial charge is 0.339 e. The van der Waals surface area contributed by atoms with Crippen LogP contribution in [0.5, 0.6) is 0 Å². The topological polar surface area (TPSA) is 52.7 Å². The molecule has 0 bridgehead atoms. The fraction of sp³-hybridized carbons (Fsp3) is 0.429. The average molecular weight is 395 g/mol. The van der Waals surface area contributed by atoms with E-state index in [1.54, 1.807) is 11.0 Å². The van der Waals surface area contributed by atoms with Gasteiger partial charge in [-0.2, -0.15) is 0 Å². The molecule has 1 N–H and O–H groups in total. The molecular weight excluding hydrogens is 377 g/mol. The van der Waals surface area contributed by atoms with Gasteiger partial charge in [0.1, 0.15) is 5.82 Å². The van der Waals surface area contributed by atoms with Gasteiger partial charge in [-0.3, -0.25) is 9.59 Å². The van der Waals surface area contributed by atoms with Gasteiger partial charge in [0, 0.05) is 37.7 Å². The standard InChI is InChI=1S/C14H17BrFN3O2.ClH/c1-18(9-12(20)19-7-5-17-6-8-19)14(21)13-10(15)3-2-4-11(13)16;/h2-4,17H,5-9H2,1H3;1H. The highest BCUT2D eigenvalue weighted by Gasteiger charge is 2.23. The van der Waals surface area contributed by atoms with E-state index in [4.69, 9.17) is 0 Å². The maximum absolute atomic E-state index is 13.8. The first kappa shape index (κ1) is 18.9. The van der Waals surface area contributed by atoms with Crippen LogP contribution in [-0.4, -0.2) is 61.4 Å². The normalized spacial score (nSPS) is 14.2. The van der Waals surface area contributed by atoms with E-state index in [2.05, 4.69) is 21.2 Å². The van der Waals surface area contributed by atoms with Crippen LogP contribution in [0.25, 0.3) is 0 Å². The molecule has 0 atom stereocenters. The number of carbonyl (C=O) groups excluding carboxylic acids is 2. The third kappa shape index (κ3) is 4.41. The molecule has 8 heteroatoms. The highest BCUT2D eigenvalue weighted by atomic mass is 79.9. The molecule has 2 rings (SSSR count). The molecule has 0 spiro atoms. The van der Waals surface area contributed by atoms with Crippen molar-refractivity contribution in [2.75, 3.05) is 39.8 Å². The molecule has 1 aliphatic heterocycles. The number of likely N-dealkylation sites (N-methyl/N-ethyl adjacent to an activating group) is 1. The summed E-state index contributed by atoms with van der Waals surface area (Å²) in [6.45, 7) is 2.71. The van der Waals surface area contributed by atoms with Crippen LogP contribution in [0.3, 0.4) is 0 Å². The molecule has 1 aromatic rings. The number of nitrogens with zero attached hydrogens (tertiary/aromatic N) is 2. The maximum Gasteiger partial charge on any atom is 0.258 e. The zero-order valence-corrected chi connectivity index (χ0v) is 14.5. The van der Waals surface area contributed by atoms with E-state index in [-0.39, 0.29) is 30.4 Å². The summed E-state index contributed by atoms with van der Waals surface area (Å²) in [4.78, 5) is 27.3. The lowest BCUT2D eigenvalue weighted by molar-refractivity contribution is -0.132. The molecule has 22 heavy (non-hydrogen) atoms. The number of nitrogens with one attached hydrogen (secondary N) is 1. The van der Waals surface area contributed by atoms with E-state index in [1.165, 1.54) is 24.1 Å². The summed E-state index contributed by atoms with van der Waals surface area (Å²) < 4.78 is 14.2. The monoisotopic (exact) mass is 393 g/mol. The second kappa shape index (κ2) is 8.45. The second-order valence-electron chi connectivity index (χ2n) is 4.89. The van der Waals surface area contributed by atoms with Gasteiger partial charge in [0.2, 0.25) is 5.91 Å². The first-order chi connectivity index (χ1) is 10.0. The van der Waals surface area contributed by atoms with Gasteiger partial charge in [0.15, 0.2) is 0 Å². The Morgan fingerprint density at radius 3 is 2.59 bits per heavy atom. The molecule has 0 saturated carbocycles. The molecule has 1 heterocycles. The molecule has 1 aliphatic rings. The van der Waals surface area contributed by atoms with Gasteiger partial charge in [-0.25, -0.2) is 4.39 Å². The van der Waals surface area contributed by atoms with Crippen molar-refractivity contribution in [3.63, 3.8) is 0 Å². The fourth-order valence-electron chi connectivity index (χ4n) is 2.18. The predicted molar refractivity (Wildman–Crippen MR) is 87.8 cm³/mol. The van der Waals surface area contributed by atoms with Crippen molar-refractivity contribution in [3.8, 4) is 0 Å². The summed E-state index contributed by atoms with van der Waals surface area (Å²) in [5.74, 6) is -1.24. The maximum atomic E-state index is 13.8. The van der Waals surface area contributed by atoms with Crippen molar-refractivity contribution in [2.45, 2.75) is 0 Å². The zero-order valence-electron chi connectivity index (χ0n) is 12.1. The molecule has 2 amide bonds. The van der Waals surface area contributed by atoms with Crippen LogP contribution in [0.15, 0.2) is 22.7 Å². The number of piperazine rings is 1. The van der Waals surface area contributed by atoms with Crippen molar-refractivity contribution < 1.29 is 14.0 Å². The smallest absolute Gasteiger partial charge is 0.258 e. The van der Waals surface area contributed by atoms with Gasteiger partial charge in [0.05, 0.1) is 12.1 Å². The predicted octanol–water partition coefficient (Wildman–Crippen LogP) is 1.51. The van der Waals surface area contributed by atoms with Gasteiger partial charge >= 0.3 is 0 Å². The van der Waals surface area contributed by atoms with Crippen molar-refractivity contribution in [3.05, 3.63) is 34.1 Å². The highest BCUT2D eigenvalue weighted by Crippen LogP contribution is 2.21. The molecule has 0 aliphatic carbocycles. The highest BCUT2D eigenvalue weighted by molar-refractivity contribution is 9.10. The van der Waals surface area contributed by atoms with Crippen molar-refractivity contribution >= 4 is 40.2 Å². The molecule has 0 unspecified atom stereocenters. The van der Waals surface area contributed by atoms with Crippen LogP contribution >= 0.6 is 28.3 Å². The first-order valence-electron chi connectivity index (χ1n) is 6.68. The van der Waals surface area contributed by atoms with Crippen LogP contribution < -0.4 is 5.32 Å². The Kier molecular flexibility index (Phi) is 7.25. The van der Waals surface area contributed by atoms with Gasteiger partial charge in [-0.05, 0) is 28.1 Å². The SMILES string of the molecule is CN(CC(=O)N1CCNCC1)C(=O)c1c(F)cccc1Br.Cl. The number of halogens is 3. The Balaban J connectivity index is 0.00000242. The van der Waals surface area contributed by atoms with E-state index in [0.29, 0.717) is 17.6 Å². The quantitative estimate of drug-likeness (QED) is 0.846. The molecule has 1 aromatic carbocycles. The van der Waals surface area contributed by atoms with Gasteiger partial charge in [-0.15, -0.1) is 12.4 Å². The Morgan fingerprint density at radius 1 is 1.36 bits per heavy atom. The average Bonchev–Trinajstić information content (AvgIpc) is 2.47. The van der Waals surface area contributed by atoms with Crippen LogP contribution in [0.2, 0.25) is 0 Å². The lowest BCUT2D eigenvalue weighted by Crippen LogP contribution is -2.49. The molecule has 5 nitrogen and oxygen atoms in total. The van der Waals surface area contributed by atoms with Crippen molar-refractivity contribution in [2.24, 2.45) is 0 Å². The number of benzene rings is 1. The minimum atomic E-state index is -0.601. The van der Waals surface area contributed by atoms with E-state index < -0.39 is 11.7 Å². The molecule has 1 fully saturated rings. The van der Waals surface area contributed by atoms with E-state index in [9.17, 15) is 14.0 Å². The second-order valence-corrected chi connectivity index (χ2v) is 5.74. The summed E-state index contributed by atoms with van der Waals surface area (Å²) in [7, 11) is 1.50. The lowest BCUT2D eigenvalue weighted by atomic mass is 10.2. The van der Waals surface area contributed by atoms with Crippen LogP contribution in [0.1, 0.15) is 10.4 Å². The number of rotatable bonds is 3. The number of hydrogen-bond donors (Lipinski definition) is 1. The summed E-state index contributed by atoms with van der Waals surface area (Å²) in [6.07, 6.45) is 0. The Hall–Kier alpha value is -1.18. The fourth-order valence-corrected chi connectivity index (χ4v) is 2.69. The van der Waals surface area contributed by atoms with E-state index >= 15 is 0 Å². The van der Waals surface area contributed by atoms with Gasteiger partial charge < -0.3 is 15.1 Å². The molecule has 0 radical (unpaired) electrons. The van der Waals surface area contributed by atoms with E-state index in [0.717, 1.165) is 13.1 Å². The lowest BCUT2D eigenvalue weighted by Gasteiger charge is -2.29. The molecule has 1 saturated heterocycles. The minimum Gasteiger partial charge on any atom is -0.339 e. The summed E-state index contributed by atoms with van der Waals surface area (Å²) in [5.41, 5.74) is -0.0480. The van der Waals surface area contributed by atoms with Crippen molar-refractivity contribution in [1.82, 2.24) is 15.1 Å². The third-order valence-corrected chi connectivity index (χ3v) is 4.03. The minimum absolute atomic E-state index is 0. The van der Waals surface area contributed by atoms with Crippen LogP contribution in [0, 0.1) is 5.82 Å². The number of amides is 2. The molecule has 0 aromatic heterocycles. The molecule has 122 valence electrons. The Bertz CT molecular complexity index is 533.